The summed E-state index contributed by atoms with van der Waals surface area (Å²) in [6.45, 7) is 2.05. The van der Waals surface area contributed by atoms with Gasteiger partial charge in [-0.25, -0.2) is 0 Å². The van der Waals surface area contributed by atoms with E-state index in [0.717, 1.165) is 12.8 Å². The Labute approximate surface area is 91.1 Å². The van der Waals surface area contributed by atoms with Gasteiger partial charge in [-0.15, -0.1) is 22.9 Å². The van der Waals surface area contributed by atoms with Gasteiger partial charge in [0.05, 0.1) is 3.79 Å². The van der Waals surface area contributed by atoms with Crippen LogP contribution in [0.15, 0.2) is 15.9 Å². The monoisotopic (exact) mass is 266 g/mol. The first-order valence-electron chi connectivity index (χ1n) is 4.07. The van der Waals surface area contributed by atoms with Gasteiger partial charge in [0.15, 0.2) is 0 Å². The number of rotatable bonds is 4. The summed E-state index contributed by atoms with van der Waals surface area (Å²) in [5.41, 5.74) is 0. The first-order valence-corrected chi connectivity index (χ1v) is 6.11. The van der Waals surface area contributed by atoms with Crippen LogP contribution in [0.3, 0.4) is 0 Å². The molecule has 0 N–H and O–H groups in total. The second-order valence-corrected chi connectivity index (χ2v) is 6.17. The normalized spacial score (nSPS) is 13.2. The molecule has 1 rings (SSSR count). The van der Waals surface area contributed by atoms with Crippen LogP contribution in [-0.2, 0) is 6.42 Å². The second-order valence-electron chi connectivity index (χ2n) is 2.88. The van der Waals surface area contributed by atoms with Crippen LogP contribution in [0.5, 0.6) is 0 Å². The summed E-state index contributed by atoms with van der Waals surface area (Å²) in [6.07, 6.45) is 3.46. The molecule has 0 nitrogen and oxygen atoms in total. The fraction of sp³-hybridized carbons (Fsp3) is 0.556. The predicted molar refractivity (Wildman–Crippen MR) is 60.3 cm³/mol. The van der Waals surface area contributed by atoms with Crippen LogP contribution in [-0.4, -0.2) is 5.38 Å². The van der Waals surface area contributed by atoms with E-state index in [2.05, 4.69) is 28.1 Å². The number of alkyl halides is 1. The van der Waals surface area contributed by atoms with E-state index in [0.29, 0.717) is 5.38 Å². The van der Waals surface area contributed by atoms with E-state index in [4.69, 9.17) is 11.6 Å². The number of thiophene rings is 1. The molecule has 1 unspecified atom stereocenters. The molecule has 12 heavy (non-hydrogen) atoms. The third-order valence-corrected chi connectivity index (χ3v) is 3.56. The molecule has 3 heteroatoms. The molecular formula is C9H12BrClS. The Hall–Kier alpha value is 0.470. The molecule has 1 heterocycles. The van der Waals surface area contributed by atoms with Crippen molar-refractivity contribution in [2.75, 3.05) is 0 Å². The topological polar surface area (TPSA) is 0 Å². The van der Waals surface area contributed by atoms with Gasteiger partial charge in [-0.1, -0.05) is 0 Å². The molecule has 0 aromatic carbocycles. The number of halogens is 2. The zero-order chi connectivity index (χ0) is 8.97. The van der Waals surface area contributed by atoms with Crippen LogP contribution in [0.4, 0.5) is 0 Å². The molecule has 0 saturated heterocycles. The van der Waals surface area contributed by atoms with E-state index < -0.39 is 0 Å². The van der Waals surface area contributed by atoms with Crippen LogP contribution in [0.25, 0.3) is 0 Å². The van der Waals surface area contributed by atoms with Crippen molar-refractivity contribution in [3.05, 3.63) is 20.8 Å². The molecule has 0 fully saturated rings. The molecular weight excluding hydrogens is 256 g/mol. The highest BCUT2D eigenvalue weighted by Gasteiger charge is 1.99. The lowest BCUT2D eigenvalue weighted by Crippen LogP contribution is -1.91. The number of hydrogen-bond donors (Lipinski definition) is 0. The summed E-state index contributed by atoms with van der Waals surface area (Å²) in [6, 6.07) is 4.28. The SMILES string of the molecule is CC(Cl)CCCc1ccc(Br)s1. The van der Waals surface area contributed by atoms with E-state index in [1.807, 2.05) is 18.3 Å². The molecule has 0 aliphatic heterocycles. The molecule has 0 aliphatic rings. The summed E-state index contributed by atoms with van der Waals surface area (Å²) in [7, 11) is 0. The van der Waals surface area contributed by atoms with Gasteiger partial charge >= 0.3 is 0 Å². The van der Waals surface area contributed by atoms with E-state index in [-0.39, 0.29) is 0 Å². The second kappa shape index (κ2) is 5.25. The van der Waals surface area contributed by atoms with Crippen LogP contribution in [0.1, 0.15) is 24.6 Å². The zero-order valence-corrected chi connectivity index (χ0v) is 10.2. The van der Waals surface area contributed by atoms with Crippen molar-refractivity contribution in [3.63, 3.8) is 0 Å². The van der Waals surface area contributed by atoms with Crippen molar-refractivity contribution in [2.45, 2.75) is 31.6 Å². The molecule has 1 aromatic rings. The van der Waals surface area contributed by atoms with Crippen molar-refractivity contribution in [1.82, 2.24) is 0 Å². The Balaban J connectivity index is 2.24. The third kappa shape index (κ3) is 3.92. The largest absolute Gasteiger partial charge is 0.133 e. The summed E-state index contributed by atoms with van der Waals surface area (Å²) in [4.78, 5) is 1.44. The lowest BCUT2D eigenvalue weighted by Gasteiger charge is -1.99. The smallest absolute Gasteiger partial charge is 0.0701 e. The van der Waals surface area contributed by atoms with Gasteiger partial charge in [-0.2, -0.15) is 0 Å². The summed E-state index contributed by atoms with van der Waals surface area (Å²) in [5, 5.41) is 0.313. The molecule has 0 saturated carbocycles. The number of hydrogen-bond acceptors (Lipinski definition) is 1. The quantitative estimate of drug-likeness (QED) is 0.707. The van der Waals surface area contributed by atoms with Crippen molar-refractivity contribution in [2.24, 2.45) is 0 Å². The minimum absolute atomic E-state index is 0.313. The predicted octanol–water partition coefficient (Wildman–Crippen LogP) is 4.46. The minimum Gasteiger partial charge on any atom is -0.133 e. The van der Waals surface area contributed by atoms with E-state index in [9.17, 15) is 0 Å². The Morgan fingerprint density at radius 3 is 2.83 bits per heavy atom. The Morgan fingerprint density at radius 2 is 2.33 bits per heavy atom. The Morgan fingerprint density at radius 1 is 1.58 bits per heavy atom. The highest BCUT2D eigenvalue weighted by Crippen LogP contribution is 2.23. The van der Waals surface area contributed by atoms with Crippen LogP contribution in [0, 0.1) is 0 Å². The highest BCUT2D eigenvalue weighted by atomic mass is 79.9. The third-order valence-electron chi connectivity index (χ3n) is 1.65. The van der Waals surface area contributed by atoms with Crippen molar-refractivity contribution in [1.29, 1.82) is 0 Å². The maximum absolute atomic E-state index is 5.84. The molecule has 1 aromatic heterocycles. The fourth-order valence-corrected chi connectivity index (χ4v) is 2.72. The average molecular weight is 268 g/mol. The van der Waals surface area contributed by atoms with Crippen molar-refractivity contribution >= 4 is 38.9 Å². The average Bonchev–Trinajstić information content (AvgIpc) is 2.35. The zero-order valence-electron chi connectivity index (χ0n) is 7.02. The summed E-state index contributed by atoms with van der Waals surface area (Å²) < 4.78 is 1.22. The van der Waals surface area contributed by atoms with Crippen LogP contribution >= 0.6 is 38.9 Å². The van der Waals surface area contributed by atoms with Gasteiger partial charge in [0, 0.05) is 10.3 Å². The van der Waals surface area contributed by atoms with Crippen LogP contribution in [0.2, 0.25) is 0 Å². The first kappa shape index (κ1) is 10.6. The van der Waals surface area contributed by atoms with Gasteiger partial charge in [-0.05, 0) is 54.2 Å². The lowest BCUT2D eigenvalue weighted by atomic mass is 10.2. The Bertz CT molecular complexity index is 232. The summed E-state index contributed by atoms with van der Waals surface area (Å²) in [5.74, 6) is 0. The maximum atomic E-state index is 5.84. The molecule has 68 valence electrons. The number of aryl methyl sites for hydroxylation is 1. The first-order chi connectivity index (χ1) is 5.68. The van der Waals surface area contributed by atoms with Crippen molar-refractivity contribution in [3.8, 4) is 0 Å². The summed E-state index contributed by atoms with van der Waals surface area (Å²) >= 11 is 11.1. The standard InChI is InChI=1S/C9H12BrClS/c1-7(11)3-2-4-8-5-6-9(10)12-8/h5-7H,2-4H2,1H3. The molecule has 1 atom stereocenters. The van der Waals surface area contributed by atoms with E-state index >= 15 is 0 Å². The van der Waals surface area contributed by atoms with Crippen molar-refractivity contribution < 1.29 is 0 Å². The molecule has 0 aliphatic carbocycles. The fourth-order valence-electron chi connectivity index (χ4n) is 1.04. The van der Waals surface area contributed by atoms with Gasteiger partial charge in [-0.3, -0.25) is 0 Å². The molecule has 0 radical (unpaired) electrons. The van der Waals surface area contributed by atoms with Gasteiger partial charge < -0.3 is 0 Å². The van der Waals surface area contributed by atoms with Gasteiger partial charge in [0.1, 0.15) is 0 Å². The molecule has 0 spiro atoms. The van der Waals surface area contributed by atoms with Gasteiger partial charge in [0.25, 0.3) is 0 Å². The van der Waals surface area contributed by atoms with E-state index in [1.54, 1.807) is 0 Å². The lowest BCUT2D eigenvalue weighted by molar-refractivity contribution is 0.729. The Kier molecular flexibility index (Phi) is 4.62. The van der Waals surface area contributed by atoms with Crippen LogP contribution < -0.4 is 0 Å². The highest BCUT2D eigenvalue weighted by molar-refractivity contribution is 9.11. The van der Waals surface area contributed by atoms with Gasteiger partial charge in [0.2, 0.25) is 0 Å². The van der Waals surface area contributed by atoms with E-state index in [1.165, 1.54) is 15.1 Å². The molecule has 0 bridgehead atoms. The maximum Gasteiger partial charge on any atom is 0.0701 e. The molecule has 0 amide bonds. The minimum atomic E-state index is 0.313.